The second-order valence-electron chi connectivity index (χ2n) is 6.48. The molecule has 0 saturated heterocycles. The highest BCUT2D eigenvalue weighted by molar-refractivity contribution is 4.88. The summed E-state index contributed by atoms with van der Waals surface area (Å²) in [6.45, 7) is 9.81. The second kappa shape index (κ2) is 3.84. The fraction of sp³-hybridized carbons (Fsp3) is 1.00. The summed E-state index contributed by atoms with van der Waals surface area (Å²) in [5.74, 6) is 1.07. The molecule has 2 aliphatic carbocycles. The van der Waals surface area contributed by atoms with Gasteiger partial charge in [-0.05, 0) is 50.0 Å². The Labute approximate surface area is 88.9 Å². The highest BCUT2D eigenvalue weighted by atomic mass is 15.2. The summed E-state index contributed by atoms with van der Waals surface area (Å²) in [7, 11) is 0. The number of nitrogens with zero attached hydrogens (tertiary/aromatic N) is 1. The highest BCUT2D eigenvalue weighted by Gasteiger charge is 2.33. The Morgan fingerprint density at radius 1 is 1.07 bits per heavy atom. The first-order valence-corrected chi connectivity index (χ1v) is 6.29. The summed E-state index contributed by atoms with van der Waals surface area (Å²) in [5, 5.41) is 0. The summed E-state index contributed by atoms with van der Waals surface area (Å²) in [4.78, 5) is 2.77. The quantitative estimate of drug-likeness (QED) is 0.650. The first-order valence-electron chi connectivity index (χ1n) is 6.29. The minimum atomic E-state index is 0.511. The van der Waals surface area contributed by atoms with Crippen molar-refractivity contribution in [2.24, 2.45) is 11.3 Å². The summed E-state index contributed by atoms with van der Waals surface area (Å²) < 4.78 is 0. The third-order valence-electron chi connectivity index (χ3n) is 3.40. The van der Waals surface area contributed by atoms with E-state index >= 15 is 0 Å². The molecule has 1 nitrogen and oxygen atoms in total. The summed E-state index contributed by atoms with van der Waals surface area (Å²) in [6.07, 6.45) is 7.29. The van der Waals surface area contributed by atoms with Crippen LogP contribution in [-0.2, 0) is 0 Å². The molecule has 2 fully saturated rings. The van der Waals surface area contributed by atoms with E-state index in [2.05, 4.69) is 25.7 Å². The Hall–Kier alpha value is -0.0400. The predicted molar refractivity (Wildman–Crippen MR) is 61.4 cm³/mol. The fourth-order valence-corrected chi connectivity index (χ4v) is 1.97. The van der Waals surface area contributed by atoms with Gasteiger partial charge in [0, 0.05) is 12.6 Å². The van der Waals surface area contributed by atoms with Crippen LogP contribution in [0.25, 0.3) is 0 Å². The molecule has 0 bridgehead atoms. The average molecular weight is 195 g/mol. The Balaban J connectivity index is 1.72. The van der Waals surface area contributed by atoms with Gasteiger partial charge in [-0.25, -0.2) is 0 Å². The zero-order valence-corrected chi connectivity index (χ0v) is 10.1. The molecule has 2 aliphatic rings. The van der Waals surface area contributed by atoms with Crippen LogP contribution in [-0.4, -0.2) is 24.0 Å². The van der Waals surface area contributed by atoms with Crippen molar-refractivity contribution in [2.45, 2.75) is 58.9 Å². The normalized spacial score (nSPS) is 23.1. The van der Waals surface area contributed by atoms with E-state index in [9.17, 15) is 0 Å². The van der Waals surface area contributed by atoms with Crippen molar-refractivity contribution in [2.75, 3.05) is 13.1 Å². The van der Waals surface area contributed by atoms with Gasteiger partial charge in [-0.3, -0.25) is 0 Å². The summed E-state index contributed by atoms with van der Waals surface area (Å²) in [6, 6.07) is 0.970. The van der Waals surface area contributed by atoms with Gasteiger partial charge in [0.05, 0.1) is 0 Å². The minimum Gasteiger partial charge on any atom is -0.300 e. The molecule has 0 aromatic carbocycles. The standard InChI is InChI=1S/C13H25N/c1-13(2,3)8-9-14(12-6-7-12)10-11-4-5-11/h11-12H,4-10H2,1-3H3. The van der Waals surface area contributed by atoms with Gasteiger partial charge in [-0.1, -0.05) is 20.8 Å². The fourth-order valence-electron chi connectivity index (χ4n) is 1.97. The molecule has 14 heavy (non-hydrogen) atoms. The van der Waals surface area contributed by atoms with Gasteiger partial charge in [-0.2, -0.15) is 0 Å². The lowest BCUT2D eigenvalue weighted by atomic mass is 9.92. The van der Waals surface area contributed by atoms with E-state index in [0.29, 0.717) is 5.41 Å². The molecule has 0 unspecified atom stereocenters. The maximum atomic E-state index is 2.77. The molecule has 0 heterocycles. The van der Waals surface area contributed by atoms with Crippen LogP contribution in [0.2, 0.25) is 0 Å². The van der Waals surface area contributed by atoms with Crippen LogP contribution in [0.15, 0.2) is 0 Å². The smallest absolute Gasteiger partial charge is 0.00965 e. The van der Waals surface area contributed by atoms with Crippen LogP contribution in [0.1, 0.15) is 52.9 Å². The van der Waals surface area contributed by atoms with E-state index in [0.717, 1.165) is 12.0 Å². The van der Waals surface area contributed by atoms with E-state index in [1.165, 1.54) is 45.2 Å². The van der Waals surface area contributed by atoms with Gasteiger partial charge < -0.3 is 4.90 Å². The topological polar surface area (TPSA) is 3.24 Å². The Bertz CT molecular complexity index is 184. The van der Waals surface area contributed by atoms with E-state index in [-0.39, 0.29) is 0 Å². The van der Waals surface area contributed by atoms with Crippen LogP contribution in [0.4, 0.5) is 0 Å². The van der Waals surface area contributed by atoms with Gasteiger partial charge in [0.2, 0.25) is 0 Å². The summed E-state index contributed by atoms with van der Waals surface area (Å²) in [5.41, 5.74) is 0.511. The first kappa shape index (κ1) is 10.5. The van der Waals surface area contributed by atoms with Crippen LogP contribution >= 0.6 is 0 Å². The Kier molecular flexibility index (Phi) is 2.88. The molecule has 0 aliphatic heterocycles. The largest absolute Gasteiger partial charge is 0.300 e. The van der Waals surface area contributed by atoms with Crippen molar-refractivity contribution in [3.05, 3.63) is 0 Å². The third-order valence-corrected chi connectivity index (χ3v) is 3.40. The van der Waals surface area contributed by atoms with Crippen molar-refractivity contribution in [3.63, 3.8) is 0 Å². The number of hydrogen-bond donors (Lipinski definition) is 0. The molecule has 2 saturated carbocycles. The SMILES string of the molecule is CC(C)(C)CCN(CC1CC1)C1CC1. The van der Waals surface area contributed by atoms with Crippen LogP contribution < -0.4 is 0 Å². The molecule has 0 spiro atoms. The first-order chi connectivity index (χ1) is 6.54. The Morgan fingerprint density at radius 3 is 2.14 bits per heavy atom. The Morgan fingerprint density at radius 2 is 1.71 bits per heavy atom. The average Bonchev–Trinajstić information content (AvgIpc) is 2.87. The van der Waals surface area contributed by atoms with Crippen molar-refractivity contribution < 1.29 is 0 Å². The zero-order chi connectivity index (χ0) is 10.2. The van der Waals surface area contributed by atoms with Gasteiger partial charge in [0.25, 0.3) is 0 Å². The molecule has 82 valence electrons. The van der Waals surface area contributed by atoms with Crippen LogP contribution in [0.5, 0.6) is 0 Å². The molecule has 0 amide bonds. The molecule has 2 rings (SSSR count). The molecular formula is C13H25N. The number of hydrogen-bond acceptors (Lipinski definition) is 1. The molecular weight excluding hydrogens is 170 g/mol. The van der Waals surface area contributed by atoms with Crippen molar-refractivity contribution in [3.8, 4) is 0 Å². The lowest BCUT2D eigenvalue weighted by Gasteiger charge is -2.26. The van der Waals surface area contributed by atoms with Gasteiger partial charge in [0.1, 0.15) is 0 Å². The van der Waals surface area contributed by atoms with E-state index in [4.69, 9.17) is 0 Å². The minimum absolute atomic E-state index is 0.511. The summed E-state index contributed by atoms with van der Waals surface area (Å²) >= 11 is 0. The van der Waals surface area contributed by atoms with Crippen LogP contribution in [0.3, 0.4) is 0 Å². The van der Waals surface area contributed by atoms with Gasteiger partial charge in [0.15, 0.2) is 0 Å². The maximum Gasteiger partial charge on any atom is 0.00965 e. The second-order valence-corrected chi connectivity index (χ2v) is 6.48. The monoisotopic (exact) mass is 195 g/mol. The molecule has 1 heteroatoms. The molecule has 0 aromatic rings. The van der Waals surface area contributed by atoms with E-state index in [1.54, 1.807) is 0 Å². The molecule has 0 radical (unpaired) electrons. The van der Waals surface area contributed by atoms with Crippen molar-refractivity contribution in [1.29, 1.82) is 0 Å². The maximum absolute atomic E-state index is 2.77. The number of rotatable bonds is 5. The van der Waals surface area contributed by atoms with Crippen molar-refractivity contribution >= 4 is 0 Å². The predicted octanol–water partition coefficient (Wildman–Crippen LogP) is 3.30. The van der Waals surface area contributed by atoms with E-state index < -0.39 is 0 Å². The van der Waals surface area contributed by atoms with Gasteiger partial charge >= 0.3 is 0 Å². The lowest BCUT2D eigenvalue weighted by molar-refractivity contribution is 0.212. The lowest BCUT2D eigenvalue weighted by Crippen LogP contribution is -2.31. The van der Waals surface area contributed by atoms with Gasteiger partial charge in [-0.15, -0.1) is 0 Å². The van der Waals surface area contributed by atoms with Crippen LogP contribution in [0, 0.1) is 11.3 Å². The van der Waals surface area contributed by atoms with Crippen molar-refractivity contribution in [1.82, 2.24) is 4.90 Å². The van der Waals surface area contributed by atoms with E-state index in [1.807, 2.05) is 0 Å². The molecule has 0 aromatic heterocycles. The molecule has 0 N–H and O–H groups in total. The molecule has 0 atom stereocenters. The zero-order valence-electron chi connectivity index (χ0n) is 10.1. The highest BCUT2D eigenvalue weighted by Crippen LogP contribution is 2.35. The third kappa shape index (κ3) is 3.61.